The number of hydrogen-bond donors (Lipinski definition) is 0. The molecule has 1 aromatic carbocycles. The number of thiophene rings is 1. The monoisotopic (exact) mass is 273 g/mol. The van der Waals surface area contributed by atoms with Crippen LogP contribution in [-0.4, -0.2) is 24.3 Å². The van der Waals surface area contributed by atoms with E-state index in [-0.39, 0.29) is 5.78 Å². The zero-order valence-electron chi connectivity index (χ0n) is 11.6. The molecule has 100 valence electrons. The van der Waals surface area contributed by atoms with Gasteiger partial charge < -0.3 is 0 Å². The first-order valence-corrected chi connectivity index (χ1v) is 7.20. The minimum Gasteiger partial charge on any atom is -0.295 e. The summed E-state index contributed by atoms with van der Waals surface area (Å²) in [5.74, 6) is 0.203. The summed E-state index contributed by atoms with van der Waals surface area (Å²) in [5, 5.41) is 0. The number of hydrogen-bond acceptors (Lipinski definition) is 3. The van der Waals surface area contributed by atoms with E-state index in [0.29, 0.717) is 6.54 Å². The van der Waals surface area contributed by atoms with Gasteiger partial charge in [0.15, 0.2) is 5.78 Å². The van der Waals surface area contributed by atoms with E-state index in [9.17, 15) is 4.79 Å². The molecule has 0 N–H and O–H groups in total. The average Bonchev–Trinajstić information content (AvgIpc) is 2.79. The summed E-state index contributed by atoms with van der Waals surface area (Å²) in [5.41, 5.74) is 2.55. The Morgan fingerprint density at radius 1 is 1.16 bits per heavy atom. The van der Waals surface area contributed by atoms with Crippen molar-refractivity contribution in [1.29, 1.82) is 0 Å². The lowest BCUT2D eigenvalue weighted by Crippen LogP contribution is -2.25. The normalized spacial score (nSPS) is 10.9. The Morgan fingerprint density at radius 2 is 1.89 bits per heavy atom. The Balaban J connectivity index is 1.96. The lowest BCUT2D eigenvalue weighted by atomic mass is 10.1. The topological polar surface area (TPSA) is 20.3 Å². The molecule has 0 amide bonds. The van der Waals surface area contributed by atoms with Gasteiger partial charge in [0.1, 0.15) is 0 Å². The highest BCUT2D eigenvalue weighted by molar-refractivity contribution is 7.14. The van der Waals surface area contributed by atoms with Gasteiger partial charge in [-0.3, -0.25) is 9.69 Å². The van der Waals surface area contributed by atoms with Crippen LogP contribution < -0.4 is 0 Å². The van der Waals surface area contributed by atoms with Crippen molar-refractivity contribution in [2.45, 2.75) is 20.4 Å². The average molecular weight is 273 g/mol. The fraction of sp³-hybridized carbons (Fsp3) is 0.312. The SMILES string of the molecule is Cc1ccc(C(=O)CN(C)Cc2ccccc2C)s1. The predicted octanol–water partition coefficient (Wildman–Crippen LogP) is 3.68. The summed E-state index contributed by atoms with van der Waals surface area (Å²) in [4.78, 5) is 16.2. The number of nitrogens with zero attached hydrogens (tertiary/aromatic N) is 1. The zero-order chi connectivity index (χ0) is 13.8. The van der Waals surface area contributed by atoms with Crippen molar-refractivity contribution in [3.05, 3.63) is 57.3 Å². The largest absolute Gasteiger partial charge is 0.295 e. The summed E-state index contributed by atoms with van der Waals surface area (Å²) >= 11 is 1.57. The lowest BCUT2D eigenvalue weighted by molar-refractivity contribution is 0.0947. The molecule has 0 radical (unpaired) electrons. The Bertz CT molecular complexity index is 574. The summed E-state index contributed by atoms with van der Waals surface area (Å²) in [6, 6.07) is 12.2. The molecule has 19 heavy (non-hydrogen) atoms. The van der Waals surface area contributed by atoms with E-state index in [1.807, 2.05) is 38.2 Å². The molecule has 0 bridgehead atoms. The van der Waals surface area contributed by atoms with Crippen LogP contribution in [0.1, 0.15) is 25.7 Å². The first-order valence-electron chi connectivity index (χ1n) is 6.39. The van der Waals surface area contributed by atoms with Gasteiger partial charge in [0, 0.05) is 11.4 Å². The second-order valence-electron chi connectivity index (χ2n) is 4.93. The van der Waals surface area contributed by atoms with Gasteiger partial charge in [0.05, 0.1) is 11.4 Å². The Labute approximate surface area is 118 Å². The van der Waals surface area contributed by atoms with Crippen molar-refractivity contribution in [3.8, 4) is 0 Å². The first-order chi connectivity index (χ1) is 9.06. The van der Waals surface area contributed by atoms with Crippen LogP contribution in [0.15, 0.2) is 36.4 Å². The second kappa shape index (κ2) is 6.13. The van der Waals surface area contributed by atoms with Crippen molar-refractivity contribution in [2.24, 2.45) is 0 Å². The van der Waals surface area contributed by atoms with Crippen LogP contribution in [0.4, 0.5) is 0 Å². The van der Waals surface area contributed by atoms with E-state index in [0.717, 1.165) is 11.4 Å². The number of benzene rings is 1. The van der Waals surface area contributed by atoms with Gasteiger partial charge in [-0.2, -0.15) is 0 Å². The van der Waals surface area contributed by atoms with Crippen molar-refractivity contribution in [1.82, 2.24) is 4.90 Å². The molecule has 0 aliphatic carbocycles. The van der Waals surface area contributed by atoms with E-state index in [2.05, 4.69) is 24.0 Å². The molecular formula is C16H19NOS. The zero-order valence-corrected chi connectivity index (χ0v) is 12.5. The molecule has 0 unspecified atom stereocenters. The van der Waals surface area contributed by atoms with Crippen molar-refractivity contribution in [3.63, 3.8) is 0 Å². The minimum atomic E-state index is 0.203. The van der Waals surface area contributed by atoms with Crippen LogP contribution in [0.5, 0.6) is 0 Å². The third kappa shape index (κ3) is 3.75. The van der Waals surface area contributed by atoms with Crippen LogP contribution in [0, 0.1) is 13.8 Å². The van der Waals surface area contributed by atoms with Crippen LogP contribution in [-0.2, 0) is 6.54 Å². The van der Waals surface area contributed by atoms with E-state index in [1.54, 1.807) is 11.3 Å². The molecule has 0 fully saturated rings. The first kappa shape index (κ1) is 14.0. The summed E-state index contributed by atoms with van der Waals surface area (Å²) in [6.45, 7) is 5.41. The predicted molar refractivity (Wildman–Crippen MR) is 80.9 cm³/mol. The third-order valence-corrected chi connectivity index (χ3v) is 4.17. The molecule has 2 aromatic rings. The highest BCUT2D eigenvalue weighted by atomic mass is 32.1. The van der Waals surface area contributed by atoms with Gasteiger partial charge in [-0.25, -0.2) is 0 Å². The maximum atomic E-state index is 12.1. The number of likely N-dealkylation sites (N-methyl/N-ethyl adjacent to an activating group) is 1. The molecule has 1 heterocycles. The number of ketones is 1. The molecule has 0 saturated carbocycles. The Kier molecular flexibility index (Phi) is 4.51. The van der Waals surface area contributed by atoms with Crippen LogP contribution >= 0.6 is 11.3 Å². The van der Waals surface area contributed by atoms with Crippen molar-refractivity contribution < 1.29 is 4.79 Å². The smallest absolute Gasteiger partial charge is 0.186 e. The number of aryl methyl sites for hydroxylation is 2. The molecule has 3 heteroatoms. The van der Waals surface area contributed by atoms with Crippen molar-refractivity contribution in [2.75, 3.05) is 13.6 Å². The standard InChI is InChI=1S/C16H19NOS/c1-12-6-4-5-7-14(12)10-17(3)11-15(18)16-9-8-13(2)19-16/h4-9H,10-11H2,1-3H3. The molecule has 0 aliphatic heterocycles. The molecule has 2 rings (SSSR count). The molecular weight excluding hydrogens is 254 g/mol. The third-order valence-electron chi connectivity index (χ3n) is 3.13. The Morgan fingerprint density at radius 3 is 2.53 bits per heavy atom. The van der Waals surface area contributed by atoms with Gasteiger partial charge >= 0.3 is 0 Å². The fourth-order valence-electron chi connectivity index (χ4n) is 2.04. The van der Waals surface area contributed by atoms with Gasteiger partial charge in [-0.1, -0.05) is 24.3 Å². The van der Waals surface area contributed by atoms with Gasteiger partial charge in [-0.15, -0.1) is 11.3 Å². The molecule has 0 aliphatic rings. The van der Waals surface area contributed by atoms with Crippen LogP contribution in [0.2, 0.25) is 0 Å². The van der Waals surface area contributed by atoms with Gasteiger partial charge in [0.2, 0.25) is 0 Å². The summed E-state index contributed by atoms with van der Waals surface area (Å²) < 4.78 is 0. The molecule has 2 nitrogen and oxygen atoms in total. The fourth-order valence-corrected chi connectivity index (χ4v) is 2.84. The minimum absolute atomic E-state index is 0.203. The number of Topliss-reactive ketones (excluding diaryl/α,β-unsaturated/α-hetero) is 1. The number of rotatable bonds is 5. The van der Waals surface area contributed by atoms with Gasteiger partial charge in [-0.05, 0) is 44.2 Å². The molecule has 0 saturated heterocycles. The highest BCUT2D eigenvalue weighted by Gasteiger charge is 2.12. The molecule has 1 aromatic heterocycles. The van der Waals surface area contributed by atoms with E-state index >= 15 is 0 Å². The molecule has 0 atom stereocenters. The second-order valence-corrected chi connectivity index (χ2v) is 6.22. The van der Waals surface area contributed by atoms with E-state index in [4.69, 9.17) is 0 Å². The van der Waals surface area contributed by atoms with Crippen LogP contribution in [0.25, 0.3) is 0 Å². The van der Waals surface area contributed by atoms with E-state index in [1.165, 1.54) is 16.0 Å². The van der Waals surface area contributed by atoms with Crippen molar-refractivity contribution >= 4 is 17.1 Å². The Hall–Kier alpha value is -1.45. The molecule has 0 spiro atoms. The maximum absolute atomic E-state index is 12.1. The lowest BCUT2D eigenvalue weighted by Gasteiger charge is -2.16. The summed E-state index contributed by atoms with van der Waals surface area (Å²) in [7, 11) is 1.99. The summed E-state index contributed by atoms with van der Waals surface area (Å²) in [6.07, 6.45) is 0. The number of carbonyl (C=O) groups is 1. The van der Waals surface area contributed by atoms with E-state index < -0.39 is 0 Å². The highest BCUT2D eigenvalue weighted by Crippen LogP contribution is 2.16. The van der Waals surface area contributed by atoms with Crippen LogP contribution in [0.3, 0.4) is 0 Å². The number of carbonyl (C=O) groups excluding carboxylic acids is 1. The van der Waals surface area contributed by atoms with Gasteiger partial charge in [0.25, 0.3) is 0 Å². The maximum Gasteiger partial charge on any atom is 0.186 e. The quantitative estimate of drug-likeness (QED) is 0.775.